The molecule has 2 rings (SSSR count). The van der Waals surface area contributed by atoms with Crippen molar-refractivity contribution in [2.24, 2.45) is 5.92 Å². The lowest BCUT2D eigenvalue weighted by Crippen LogP contribution is -2.41. The molecule has 1 saturated carbocycles. The van der Waals surface area contributed by atoms with Gasteiger partial charge < -0.3 is 0 Å². The van der Waals surface area contributed by atoms with Crippen LogP contribution in [0.3, 0.4) is 0 Å². The predicted octanol–water partition coefficient (Wildman–Crippen LogP) is 4.14. The van der Waals surface area contributed by atoms with Crippen LogP contribution < -0.4 is 0 Å². The fourth-order valence-electron chi connectivity index (χ4n) is 2.67. The first-order valence-electron chi connectivity index (χ1n) is 5.42. The maximum Gasteiger partial charge on any atom is 0.00603 e. The van der Waals surface area contributed by atoms with Crippen molar-refractivity contribution < 1.29 is 0 Å². The molecule has 0 aromatic heterocycles. The van der Waals surface area contributed by atoms with Gasteiger partial charge in [-0.25, -0.2) is 0 Å². The Labute approximate surface area is 94.8 Å². The van der Waals surface area contributed by atoms with Crippen LogP contribution >= 0.6 is 15.9 Å². The molecule has 0 bridgehead atoms. The molecule has 0 atom stereocenters. The third kappa shape index (κ3) is 1.63. The SMILES string of the molecule is CCC1(c2ccccc2)CC(CBr)C1. The van der Waals surface area contributed by atoms with Gasteiger partial charge in [-0.2, -0.15) is 0 Å². The van der Waals surface area contributed by atoms with Crippen molar-refractivity contribution in [2.75, 3.05) is 5.33 Å². The van der Waals surface area contributed by atoms with Gasteiger partial charge in [0.25, 0.3) is 0 Å². The summed E-state index contributed by atoms with van der Waals surface area (Å²) in [6.07, 6.45) is 4.00. The van der Waals surface area contributed by atoms with Gasteiger partial charge in [-0.1, -0.05) is 53.2 Å². The first kappa shape index (κ1) is 10.2. The van der Waals surface area contributed by atoms with Crippen molar-refractivity contribution in [1.82, 2.24) is 0 Å². The molecule has 0 radical (unpaired) electrons. The molecule has 0 saturated heterocycles. The molecular weight excluding hydrogens is 236 g/mol. The topological polar surface area (TPSA) is 0 Å². The van der Waals surface area contributed by atoms with Crippen LogP contribution in [0.4, 0.5) is 0 Å². The summed E-state index contributed by atoms with van der Waals surface area (Å²) in [6.45, 7) is 2.32. The molecule has 1 aromatic rings. The number of alkyl halides is 1. The van der Waals surface area contributed by atoms with E-state index in [1.165, 1.54) is 24.6 Å². The number of benzene rings is 1. The van der Waals surface area contributed by atoms with Gasteiger partial charge in [0.05, 0.1) is 0 Å². The molecule has 0 aliphatic heterocycles. The van der Waals surface area contributed by atoms with Crippen molar-refractivity contribution in [3.05, 3.63) is 35.9 Å². The molecule has 0 N–H and O–H groups in total. The van der Waals surface area contributed by atoms with Crippen LogP contribution in [0.5, 0.6) is 0 Å². The Bertz CT molecular complexity index is 285. The highest BCUT2D eigenvalue weighted by Gasteiger charge is 2.42. The molecule has 1 aliphatic carbocycles. The van der Waals surface area contributed by atoms with E-state index in [2.05, 4.69) is 53.2 Å². The average molecular weight is 253 g/mol. The van der Waals surface area contributed by atoms with E-state index in [0.717, 1.165) is 5.92 Å². The minimum atomic E-state index is 0.500. The van der Waals surface area contributed by atoms with E-state index in [1.54, 1.807) is 5.56 Å². The van der Waals surface area contributed by atoms with Crippen LogP contribution in [0, 0.1) is 5.92 Å². The molecule has 0 unspecified atom stereocenters. The molecular formula is C13H17Br. The molecule has 1 heteroatoms. The largest absolute Gasteiger partial charge is 0.0925 e. The Kier molecular flexibility index (Phi) is 2.96. The number of rotatable bonds is 3. The summed E-state index contributed by atoms with van der Waals surface area (Å²) in [5, 5.41) is 1.17. The van der Waals surface area contributed by atoms with Crippen LogP contribution in [0.15, 0.2) is 30.3 Å². The first-order chi connectivity index (χ1) is 6.80. The lowest BCUT2D eigenvalue weighted by Gasteiger charge is -2.47. The second kappa shape index (κ2) is 4.06. The van der Waals surface area contributed by atoms with Crippen molar-refractivity contribution in [3.8, 4) is 0 Å². The average Bonchev–Trinajstić information content (AvgIpc) is 2.19. The number of hydrogen-bond acceptors (Lipinski definition) is 0. The Balaban J connectivity index is 2.16. The van der Waals surface area contributed by atoms with Crippen molar-refractivity contribution in [2.45, 2.75) is 31.6 Å². The second-order valence-corrected chi connectivity index (χ2v) is 5.08. The molecule has 0 heterocycles. The molecule has 0 nitrogen and oxygen atoms in total. The van der Waals surface area contributed by atoms with Gasteiger partial charge in [-0.3, -0.25) is 0 Å². The zero-order valence-corrected chi connectivity index (χ0v) is 10.3. The van der Waals surface area contributed by atoms with E-state index in [0.29, 0.717) is 5.41 Å². The Hall–Kier alpha value is -0.300. The van der Waals surface area contributed by atoms with Gasteiger partial charge in [-0.15, -0.1) is 0 Å². The van der Waals surface area contributed by atoms with Crippen molar-refractivity contribution in [3.63, 3.8) is 0 Å². The van der Waals surface area contributed by atoms with E-state index >= 15 is 0 Å². The van der Waals surface area contributed by atoms with E-state index in [9.17, 15) is 0 Å². The summed E-state index contributed by atoms with van der Waals surface area (Å²) in [4.78, 5) is 0. The van der Waals surface area contributed by atoms with Crippen LogP contribution in [-0.2, 0) is 5.41 Å². The summed E-state index contributed by atoms with van der Waals surface area (Å²) in [6, 6.07) is 11.0. The molecule has 1 aliphatic rings. The third-order valence-electron chi connectivity index (χ3n) is 3.64. The molecule has 0 spiro atoms. The molecule has 14 heavy (non-hydrogen) atoms. The smallest absolute Gasteiger partial charge is 0.00603 e. The lowest BCUT2D eigenvalue weighted by atomic mass is 9.58. The molecule has 1 aromatic carbocycles. The highest BCUT2D eigenvalue weighted by atomic mass is 79.9. The highest BCUT2D eigenvalue weighted by molar-refractivity contribution is 9.09. The summed E-state index contributed by atoms with van der Waals surface area (Å²) >= 11 is 3.58. The van der Waals surface area contributed by atoms with Gasteiger partial charge in [0.15, 0.2) is 0 Å². The fourth-order valence-corrected chi connectivity index (χ4v) is 3.13. The Morgan fingerprint density at radius 1 is 1.29 bits per heavy atom. The third-order valence-corrected chi connectivity index (χ3v) is 4.56. The molecule has 1 fully saturated rings. The monoisotopic (exact) mass is 252 g/mol. The summed E-state index contributed by atoms with van der Waals surface area (Å²) in [5.74, 6) is 0.898. The zero-order chi connectivity index (χ0) is 10.0. The maximum atomic E-state index is 3.58. The summed E-state index contributed by atoms with van der Waals surface area (Å²) < 4.78 is 0. The van der Waals surface area contributed by atoms with E-state index in [1.807, 2.05) is 0 Å². The zero-order valence-electron chi connectivity index (χ0n) is 8.67. The van der Waals surface area contributed by atoms with E-state index in [-0.39, 0.29) is 0 Å². The normalized spacial score (nSPS) is 31.1. The van der Waals surface area contributed by atoms with Crippen LogP contribution in [-0.4, -0.2) is 5.33 Å². The van der Waals surface area contributed by atoms with Crippen molar-refractivity contribution >= 4 is 15.9 Å². The minimum Gasteiger partial charge on any atom is -0.0925 e. The van der Waals surface area contributed by atoms with E-state index in [4.69, 9.17) is 0 Å². The standard InChI is InChI=1S/C13H17Br/c1-2-13(8-11(9-13)10-14)12-6-4-3-5-7-12/h3-7,11H,2,8-10H2,1H3. The quantitative estimate of drug-likeness (QED) is 0.710. The van der Waals surface area contributed by atoms with Crippen LogP contribution in [0.25, 0.3) is 0 Å². The molecule has 76 valence electrons. The molecule has 0 amide bonds. The van der Waals surface area contributed by atoms with Crippen LogP contribution in [0.2, 0.25) is 0 Å². The Morgan fingerprint density at radius 2 is 1.93 bits per heavy atom. The lowest BCUT2D eigenvalue weighted by molar-refractivity contribution is 0.155. The van der Waals surface area contributed by atoms with Gasteiger partial charge in [0.1, 0.15) is 0 Å². The Morgan fingerprint density at radius 3 is 2.43 bits per heavy atom. The minimum absolute atomic E-state index is 0.500. The predicted molar refractivity (Wildman–Crippen MR) is 64.9 cm³/mol. The second-order valence-electron chi connectivity index (χ2n) is 4.43. The number of hydrogen-bond donors (Lipinski definition) is 0. The number of halogens is 1. The van der Waals surface area contributed by atoms with E-state index < -0.39 is 0 Å². The van der Waals surface area contributed by atoms with Gasteiger partial charge in [-0.05, 0) is 36.2 Å². The van der Waals surface area contributed by atoms with Gasteiger partial charge >= 0.3 is 0 Å². The first-order valence-corrected chi connectivity index (χ1v) is 6.54. The van der Waals surface area contributed by atoms with Gasteiger partial charge in [0, 0.05) is 5.33 Å². The van der Waals surface area contributed by atoms with Crippen molar-refractivity contribution in [1.29, 1.82) is 0 Å². The highest BCUT2D eigenvalue weighted by Crippen LogP contribution is 2.50. The van der Waals surface area contributed by atoms with Gasteiger partial charge in [0.2, 0.25) is 0 Å². The fraction of sp³-hybridized carbons (Fsp3) is 0.538. The maximum absolute atomic E-state index is 3.58. The summed E-state index contributed by atoms with van der Waals surface area (Å²) in [7, 11) is 0. The van der Waals surface area contributed by atoms with Crippen LogP contribution in [0.1, 0.15) is 31.7 Å². The summed E-state index contributed by atoms with van der Waals surface area (Å²) in [5.41, 5.74) is 2.04.